The molecule has 158 valence electrons. The average molecular weight is 425 g/mol. The van der Waals surface area contributed by atoms with E-state index < -0.39 is 0 Å². The molecule has 0 amide bonds. The van der Waals surface area contributed by atoms with E-state index in [0.29, 0.717) is 17.0 Å². The lowest BCUT2D eigenvalue weighted by Crippen LogP contribution is -2.44. The smallest absolute Gasteiger partial charge is 0.319 e. The van der Waals surface area contributed by atoms with Gasteiger partial charge in [-0.2, -0.15) is 14.9 Å². The van der Waals surface area contributed by atoms with Crippen LogP contribution in [0.4, 0.5) is 5.95 Å². The maximum absolute atomic E-state index is 13.2. The molecule has 0 aliphatic rings. The molecule has 32 heavy (non-hydrogen) atoms. The van der Waals surface area contributed by atoms with Gasteiger partial charge < -0.3 is 5.73 Å². The first kappa shape index (κ1) is 19.6. The molecule has 0 atom stereocenters. The van der Waals surface area contributed by atoms with E-state index >= 15 is 0 Å². The number of hydrogen-bond acceptors (Lipinski definition) is 6. The zero-order valence-electron chi connectivity index (χ0n) is 17.6. The van der Waals surface area contributed by atoms with Crippen LogP contribution in [-0.2, 0) is 6.54 Å². The third kappa shape index (κ3) is 3.39. The minimum absolute atomic E-state index is 0.101. The van der Waals surface area contributed by atoms with Gasteiger partial charge in [0.05, 0.1) is 11.3 Å². The zero-order valence-corrected chi connectivity index (χ0v) is 17.6. The molecule has 4 heterocycles. The number of hydrogen-bond donors (Lipinski definition) is 2. The van der Waals surface area contributed by atoms with Crippen molar-refractivity contribution in [3.8, 4) is 22.4 Å². The standard InChI is InChI=1S/C23H20N8O/c1-14-11-17(12-15(2)26-14)19-20(16-7-4-3-5-8-16)27-22(24)31-21(19)29-30(23(31)32)13-18-9-6-10-25-28-18/h3-12H,13H2,1-2H3,(H2,24,26,27,29)/p+1. The maximum Gasteiger partial charge on any atom is 0.428 e. The fraction of sp³-hybridized carbons (Fsp3) is 0.130. The van der Waals surface area contributed by atoms with Crippen LogP contribution >= 0.6 is 0 Å². The lowest BCUT2D eigenvalue weighted by molar-refractivity contribution is -0.516. The van der Waals surface area contributed by atoms with Crippen LogP contribution in [-0.4, -0.2) is 29.9 Å². The number of nitrogen functional groups attached to an aromatic ring is 1. The number of H-pyrrole nitrogens is 1. The summed E-state index contributed by atoms with van der Waals surface area (Å²) in [7, 11) is 0. The van der Waals surface area contributed by atoms with Crippen molar-refractivity contribution in [3.05, 3.63) is 88.4 Å². The van der Waals surface area contributed by atoms with Gasteiger partial charge >= 0.3 is 11.6 Å². The summed E-state index contributed by atoms with van der Waals surface area (Å²) in [5.74, 6) is 0.101. The van der Waals surface area contributed by atoms with Gasteiger partial charge in [0.25, 0.3) is 0 Å². The summed E-state index contributed by atoms with van der Waals surface area (Å²) >= 11 is 0. The van der Waals surface area contributed by atoms with Crippen LogP contribution in [0.2, 0.25) is 0 Å². The van der Waals surface area contributed by atoms with E-state index in [0.717, 1.165) is 28.1 Å². The largest absolute Gasteiger partial charge is 0.428 e. The fourth-order valence-electron chi connectivity index (χ4n) is 3.90. The Morgan fingerprint density at radius 2 is 1.75 bits per heavy atom. The molecule has 0 saturated carbocycles. The van der Waals surface area contributed by atoms with Crippen molar-refractivity contribution in [1.29, 1.82) is 0 Å². The minimum atomic E-state index is -0.334. The van der Waals surface area contributed by atoms with E-state index in [1.54, 1.807) is 12.3 Å². The first-order valence-electron chi connectivity index (χ1n) is 10.1. The van der Waals surface area contributed by atoms with Gasteiger partial charge in [-0.05, 0) is 43.7 Å². The molecular weight excluding hydrogens is 404 g/mol. The van der Waals surface area contributed by atoms with Gasteiger partial charge in [-0.25, -0.2) is 9.89 Å². The summed E-state index contributed by atoms with van der Waals surface area (Å²) in [5.41, 5.74) is 12.1. The quantitative estimate of drug-likeness (QED) is 0.426. The molecule has 1 aromatic carbocycles. The predicted molar refractivity (Wildman–Crippen MR) is 120 cm³/mol. The summed E-state index contributed by atoms with van der Waals surface area (Å²) in [5, 5.41) is 11.2. The molecule has 3 N–H and O–H groups in total. The highest BCUT2D eigenvalue weighted by Crippen LogP contribution is 2.33. The third-order valence-corrected chi connectivity index (χ3v) is 5.18. The Kier molecular flexibility index (Phi) is 4.70. The zero-order chi connectivity index (χ0) is 22.2. The van der Waals surface area contributed by atoms with Gasteiger partial charge in [-0.15, -0.1) is 9.38 Å². The average Bonchev–Trinajstić information content (AvgIpc) is 3.10. The van der Waals surface area contributed by atoms with Crippen molar-refractivity contribution in [2.45, 2.75) is 20.4 Å². The van der Waals surface area contributed by atoms with Gasteiger partial charge in [0, 0.05) is 23.1 Å². The van der Waals surface area contributed by atoms with Crippen molar-refractivity contribution in [2.24, 2.45) is 0 Å². The maximum atomic E-state index is 13.2. The summed E-state index contributed by atoms with van der Waals surface area (Å²) in [6, 6.07) is 17.3. The number of fused-ring (bicyclic) bond motifs is 1. The molecule has 0 spiro atoms. The highest BCUT2D eigenvalue weighted by Gasteiger charge is 2.26. The lowest BCUT2D eigenvalue weighted by atomic mass is 9.99. The summed E-state index contributed by atoms with van der Waals surface area (Å²) in [4.78, 5) is 22.4. The van der Waals surface area contributed by atoms with Gasteiger partial charge in [0.2, 0.25) is 5.65 Å². The summed E-state index contributed by atoms with van der Waals surface area (Å²) < 4.78 is 2.85. The molecule has 0 fully saturated rings. The van der Waals surface area contributed by atoms with Crippen molar-refractivity contribution in [1.82, 2.24) is 29.9 Å². The Bertz CT molecular complexity index is 1470. The van der Waals surface area contributed by atoms with Gasteiger partial charge in [0.1, 0.15) is 12.2 Å². The topological polar surface area (TPSA) is 119 Å². The van der Waals surface area contributed by atoms with Crippen LogP contribution in [0.1, 0.15) is 17.1 Å². The molecule has 0 unspecified atom stereocenters. The number of aryl methyl sites for hydroxylation is 2. The Labute approximate surface area is 183 Å². The predicted octanol–water partition coefficient (Wildman–Crippen LogP) is 2.08. The molecule has 9 nitrogen and oxygen atoms in total. The second-order valence-corrected chi connectivity index (χ2v) is 7.58. The van der Waals surface area contributed by atoms with Crippen LogP contribution in [0.3, 0.4) is 0 Å². The van der Waals surface area contributed by atoms with Crippen molar-refractivity contribution in [3.63, 3.8) is 0 Å². The second-order valence-electron chi connectivity index (χ2n) is 7.58. The monoisotopic (exact) mass is 425 g/mol. The normalized spacial score (nSPS) is 11.2. The minimum Gasteiger partial charge on any atom is -0.319 e. The Hall–Kier alpha value is -4.40. The first-order chi connectivity index (χ1) is 15.5. The van der Waals surface area contributed by atoms with E-state index in [9.17, 15) is 4.79 Å². The molecule has 9 heteroatoms. The Morgan fingerprint density at radius 1 is 1.00 bits per heavy atom. The van der Waals surface area contributed by atoms with Crippen LogP contribution < -0.4 is 15.8 Å². The van der Waals surface area contributed by atoms with E-state index in [2.05, 4.69) is 25.3 Å². The number of pyridine rings is 1. The van der Waals surface area contributed by atoms with Crippen LogP contribution in [0.15, 0.2) is 65.6 Å². The second kappa shape index (κ2) is 7.69. The van der Waals surface area contributed by atoms with Crippen LogP contribution in [0.5, 0.6) is 0 Å². The molecule has 0 aliphatic heterocycles. The van der Waals surface area contributed by atoms with E-state index in [-0.39, 0.29) is 18.2 Å². The first-order valence-corrected chi connectivity index (χ1v) is 10.1. The van der Waals surface area contributed by atoms with Crippen molar-refractivity contribution in [2.75, 3.05) is 5.73 Å². The number of rotatable bonds is 4. The van der Waals surface area contributed by atoms with Gasteiger partial charge in [-0.3, -0.25) is 4.98 Å². The number of aromatic amines is 1. The van der Waals surface area contributed by atoms with E-state index in [1.165, 1.54) is 9.08 Å². The molecule has 0 saturated heterocycles. The fourth-order valence-corrected chi connectivity index (χ4v) is 3.90. The number of anilines is 1. The third-order valence-electron chi connectivity index (χ3n) is 5.18. The Balaban J connectivity index is 1.84. The number of benzene rings is 1. The lowest BCUT2D eigenvalue weighted by Gasteiger charge is -2.10. The number of nitrogens with two attached hydrogens (primary N) is 1. The number of nitrogens with one attached hydrogen (secondary N) is 1. The number of aromatic nitrogens is 7. The van der Waals surface area contributed by atoms with Crippen molar-refractivity contribution >= 4 is 11.6 Å². The summed E-state index contributed by atoms with van der Waals surface area (Å²) in [6.45, 7) is 4.10. The molecule has 5 aromatic rings. The van der Waals surface area contributed by atoms with Gasteiger partial charge in [-0.1, -0.05) is 30.3 Å². The molecule has 4 aromatic heterocycles. The molecule has 0 bridgehead atoms. The molecular formula is C23H21N8O+. The van der Waals surface area contributed by atoms with Crippen molar-refractivity contribution < 1.29 is 4.40 Å². The molecule has 0 aliphatic carbocycles. The van der Waals surface area contributed by atoms with Crippen LogP contribution in [0.25, 0.3) is 28.0 Å². The number of nitrogens with zero attached hydrogens (tertiary/aromatic N) is 6. The Morgan fingerprint density at radius 3 is 2.44 bits per heavy atom. The van der Waals surface area contributed by atoms with Gasteiger partial charge in [0.15, 0.2) is 0 Å². The molecule has 5 rings (SSSR count). The highest BCUT2D eigenvalue weighted by molar-refractivity contribution is 5.88. The van der Waals surface area contributed by atoms with E-state index in [1.807, 2.05) is 62.4 Å². The van der Waals surface area contributed by atoms with Crippen LogP contribution in [0, 0.1) is 13.8 Å². The SMILES string of the molecule is Cc1cc(-c2c(-c3ccccc3)nc(N)[n+]3c(=O)n(Cc4cccnn4)[nH]c23)cc(C)n1. The van der Waals surface area contributed by atoms with E-state index in [4.69, 9.17) is 5.73 Å². The molecule has 0 radical (unpaired) electrons. The highest BCUT2D eigenvalue weighted by atomic mass is 16.2. The summed E-state index contributed by atoms with van der Waals surface area (Å²) in [6.07, 6.45) is 1.59.